The molecule has 2 aliphatic heterocycles. The third kappa shape index (κ3) is 3.70. The largest absolute Gasteiger partial charge is 0.361 e. The van der Waals surface area contributed by atoms with Gasteiger partial charge in [0.05, 0.1) is 0 Å². The molecule has 0 spiro atoms. The fraction of sp³-hybridized carbons (Fsp3) is 0.407. The Kier molecular flexibility index (Phi) is 5.16. The zero-order valence-electron chi connectivity index (χ0n) is 18.9. The van der Waals surface area contributed by atoms with E-state index in [9.17, 15) is 0 Å². The normalized spacial score (nSPS) is 19.2. The van der Waals surface area contributed by atoms with Crippen molar-refractivity contribution < 1.29 is 0 Å². The van der Waals surface area contributed by atoms with Crippen LogP contribution in [-0.2, 0) is 0 Å². The molecule has 166 valence electrons. The van der Waals surface area contributed by atoms with Gasteiger partial charge in [0.1, 0.15) is 0 Å². The first-order valence-electron chi connectivity index (χ1n) is 12.1. The minimum Gasteiger partial charge on any atom is -0.361 e. The Morgan fingerprint density at radius 1 is 0.750 bits per heavy atom. The number of aromatic amines is 2. The highest BCUT2D eigenvalue weighted by molar-refractivity contribution is 5.90. The zero-order valence-corrected chi connectivity index (χ0v) is 18.9. The Morgan fingerprint density at radius 3 is 2.22 bits per heavy atom. The van der Waals surface area contributed by atoms with Gasteiger partial charge in [0.2, 0.25) is 0 Å². The summed E-state index contributed by atoms with van der Waals surface area (Å²) < 4.78 is 0. The van der Waals surface area contributed by atoms with Gasteiger partial charge >= 0.3 is 0 Å². The number of benzene rings is 2. The highest BCUT2D eigenvalue weighted by Crippen LogP contribution is 2.36. The zero-order chi connectivity index (χ0) is 21.5. The molecule has 2 fully saturated rings. The fourth-order valence-corrected chi connectivity index (χ4v) is 5.74. The van der Waals surface area contributed by atoms with Crippen LogP contribution in [0.5, 0.6) is 0 Å². The number of rotatable bonds is 4. The second-order valence-electron chi connectivity index (χ2n) is 9.74. The number of aromatic nitrogens is 2. The lowest BCUT2D eigenvalue weighted by atomic mass is 9.89. The Hall–Kier alpha value is -2.76. The highest BCUT2D eigenvalue weighted by Gasteiger charge is 2.21. The second-order valence-corrected chi connectivity index (χ2v) is 9.74. The maximum atomic E-state index is 3.65. The van der Waals surface area contributed by atoms with Crippen molar-refractivity contribution in [1.29, 1.82) is 0 Å². The lowest BCUT2D eigenvalue weighted by Crippen LogP contribution is -2.29. The molecule has 0 amide bonds. The first kappa shape index (κ1) is 19.9. The van der Waals surface area contributed by atoms with Crippen LogP contribution in [0.2, 0.25) is 0 Å². The number of fused-ring (bicyclic) bond motifs is 2. The number of hydrogen-bond acceptors (Lipinski definition) is 3. The van der Waals surface area contributed by atoms with Crippen LogP contribution >= 0.6 is 0 Å². The van der Waals surface area contributed by atoms with Crippen LogP contribution in [0.1, 0.15) is 48.6 Å². The van der Waals surface area contributed by atoms with Gasteiger partial charge in [-0.05, 0) is 112 Å². The van der Waals surface area contributed by atoms with E-state index in [0.29, 0.717) is 11.8 Å². The van der Waals surface area contributed by atoms with E-state index in [2.05, 4.69) is 81.3 Å². The summed E-state index contributed by atoms with van der Waals surface area (Å²) in [6.07, 6.45) is 9.39. The third-order valence-corrected chi connectivity index (χ3v) is 7.65. The number of nitrogens with one attached hydrogen (secondary N) is 4. The van der Waals surface area contributed by atoms with Gasteiger partial charge in [0.25, 0.3) is 0 Å². The molecule has 5 nitrogen and oxygen atoms in total. The maximum Gasteiger partial charge on any atom is 0.0477 e. The number of hydrogen-bond donors (Lipinski definition) is 4. The van der Waals surface area contributed by atoms with Crippen molar-refractivity contribution in [3.8, 4) is 0 Å². The van der Waals surface area contributed by atoms with E-state index in [0.717, 1.165) is 24.5 Å². The van der Waals surface area contributed by atoms with Crippen LogP contribution in [0.3, 0.4) is 0 Å². The summed E-state index contributed by atoms with van der Waals surface area (Å²) in [5, 5.41) is 9.85. The van der Waals surface area contributed by atoms with Gasteiger partial charge in [-0.25, -0.2) is 0 Å². The topological polar surface area (TPSA) is 58.9 Å². The van der Waals surface area contributed by atoms with Crippen LogP contribution in [0.4, 0.5) is 11.4 Å². The van der Waals surface area contributed by atoms with E-state index in [1.54, 1.807) is 0 Å². The SMILES string of the molecule is CN1CCC(c2c[nH]c3ccc(Nc4ccc5c(C6CCNCC6)c[nH]c5c4)cc23)CC1. The fourth-order valence-electron chi connectivity index (χ4n) is 5.74. The second kappa shape index (κ2) is 8.30. The van der Waals surface area contributed by atoms with E-state index in [-0.39, 0.29) is 0 Å². The average molecular weight is 428 g/mol. The summed E-state index contributed by atoms with van der Waals surface area (Å²) in [7, 11) is 2.23. The lowest BCUT2D eigenvalue weighted by molar-refractivity contribution is 0.256. The molecule has 2 aromatic heterocycles. The van der Waals surface area contributed by atoms with Gasteiger partial charge in [-0.2, -0.15) is 0 Å². The molecule has 0 bridgehead atoms. The summed E-state index contributed by atoms with van der Waals surface area (Å²) in [5.74, 6) is 1.32. The molecule has 2 aromatic carbocycles. The molecule has 6 rings (SSSR count). The van der Waals surface area contributed by atoms with E-state index >= 15 is 0 Å². The Labute approximate surface area is 189 Å². The van der Waals surface area contributed by atoms with E-state index in [1.165, 1.54) is 71.7 Å². The van der Waals surface area contributed by atoms with Crippen molar-refractivity contribution in [3.05, 3.63) is 59.9 Å². The number of H-pyrrole nitrogens is 2. The highest BCUT2D eigenvalue weighted by atomic mass is 15.1. The molecule has 5 heteroatoms. The van der Waals surface area contributed by atoms with Gasteiger partial charge < -0.3 is 25.5 Å². The standard InChI is InChI=1S/C27H33N5/c1-32-12-8-19(9-13-32)25-17-29-26-5-3-20(14-23(25)26)31-21-2-4-22-24(16-30-27(22)15-21)18-6-10-28-11-7-18/h2-5,14-19,28-31H,6-13H2,1H3. The van der Waals surface area contributed by atoms with Crippen LogP contribution < -0.4 is 10.6 Å². The van der Waals surface area contributed by atoms with Gasteiger partial charge in [-0.3, -0.25) is 0 Å². The Bertz CT molecular complexity index is 1220. The van der Waals surface area contributed by atoms with E-state index < -0.39 is 0 Å². The molecule has 4 aromatic rings. The predicted octanol–water partition coefficient (Wildman–Crippen LogP) is 5.67. The van der Waals surface area contributed by atoms with Crippen molar-refractivity contribution in [2.75, 3.05) is 38.5 Å². The van der Waals surface area contributed by atoms with Crippen molar-refractivity contribution in [2.24, 2.45) is 0 Å². The number of anilines is 2. The van der Waals surface area contributed by atoms with Crippen molar-refractivity contribution in [2.45, 2.75) is 37.5 Å². The molecule has 0 atom stereocenters. The summed E-state index contributed by atoms with van der Waals surface area (Å²) in [6, 6.07) is 13.5. The number of likely N-dealkylation sites (tertiary alicyclic amines) is 1. The van der Waals surface area contributed by atoms with Crippen molar-refractivity contribution in [3.63, 3.8) is 0 Å². The first-order chi connectivity index (χ1) is 15.7. The van der Waals surface area contributed by atoms with Crippen LogP contribution in [0.15, 0.2) is 48.8 Å². The smallest absolute Gasteiger partial charge is 0.0477 e. The Balaban J connectivity index is 1.25. The molecule has 2 aliphatic rings. The molecule has 4 heterocycles. The van der Waals surface area contributed by atoms with Crippen molar-refractivity contribution in [1.82, 2.24) is 20.2 Å². The number of nitrogens with zero attached hydrogens (tertiary/aromatic N) is 1. The minimum absolute atomic E-state index is 0.652. The maximum absolute atomic E-state index is 3.65. The predicted molar refractivity (Wildman–Crippen MR) is 134 cm³/mol. The molecule has 32 heavy (non-hydrogen) atoms. The molecular formula is C27H33N5. The molecule has 0 radical (unpaired) electrons. The van der Waals surface area contributed by atoms with E-state index in [1.807, 2.05) is 0 Å². The molecular weight excluding hydrogens is 394 g/mol. The third-order valence-electron chi connectivity index (χ3n) is 7.65. The monoisotopic (exact) mass is 427 g/mol. The minimum atomic E-state index is 0.652. The molecule has 0 saturated carbocycles. The molecule has 0 aliphatic carbocycles. The average Bonchev–Trinajstić information content (AvgIpc) is 3.44. The molecule has 2 saturated heterocycles. The summed E-state index contributed by atoms with van der Waals surface area (Å²) in [6.45, 7) is 4.62. The quantitative estimate of drug-likeness (QED) is 0.339. The molecule has 4 N–H and O–H groups in total. The van der Waals surface area contributed by atoms with E-state index in [4.69, 9.17) is 0 Å². The summed E-state index contributed by atoms with van der Waals surface area (Å²) in [4.78, 5) is 9.45. The van der Waals surface area contributed by atoms with Gasteiger partial charge in [0, 0.05) is 45.6 Å². The summed E-state index contributed by atoms with van der Waals surface area (Å²) in [5.41, 5.74) is 7.68. The summed E-state index contributed by atoms with van der Waals surface area (Å²) >= 11 is 0. The van der Waals surface area contributed by atoms with Crippen LogP contribution in [0.25, 0.3) is 21.8 Å². The molecule has 0 unspecified atom stereocenters. The van der Waals surface area contributed by atoms with Gasteiger partial charge in [-0.15, -0.1) is 0 Å². The van der Waals surface area contributed by atoms with Crippen LogP contribution in [0, 0.1) is 0 Å². The van der Waals surface area contributed by atoms with Crippen LogP contribution in [-0.4, -0.2) is 48.1 Å². The van der Waals surface area contributed by atoms with Gasteiger partial charge in [-0.1, -0.05) is 6.07 Å². The Morgan fingerprint density at radius 2 is 1.41 bits per heavy atom. The van der Waals surface area contributed by atoms with Gasteiger partial charge in [0.15, 0.2) is 0 Å². The first-order valence-corrected chi connectivity index (χ1v) is 12.1. The van der Waals surface area contributed by atoms with Crippen molar-refractivity contribution >= 4 is 33.2 Å². The number of piperidine rings is 2. The lowest BCUT2D eigenvalue weighted by Gasteiger charge is -2.28.